The Kier molecular flexibility index (Phi) is 3.94. The smallest absolute Gasteiger partial charge is 0.257 e. The molecule has 0 radical (unpaired) electrons. The summed E-state index contributed by atoms with van der Waals surface area (Å²) < 4.78 is 7.57. The van der Waals surface area contributed by atoms with Crippen molar-refractivity contribution in [3.8, 4) is 22.8 Å². The normalized spacial score (nSPS) is 15.8. The lowest BCUT2D eigenvalue weighted by atomic mass is 10.0. The van der Waals surface area contributed by atoms with Crippen LogP contribution in [0, 0.1) is 0 Å². The number of benzene rings is 1. The first kappa shape index (κ1) is 16.1. The summed E-state index contributed by atoms with van der Waals surface area (Å²) in [4.78, 5) is 8.58. The molecule has 0 aliphatic carbocycles. The fourth-order valence-electron chi connectivity index (χ4n) is 3.46. The Morgan fingerprint density at radius 2 is 2.00 bits per heavy atom. The van der Waals surface area contributed by atoms with Gasteiger partial charge in [-0.25, -0.2) is 0 Å². The summed E-state index contributed by atoms with van der Waals surface area (Å²) in [6, 6.07) is 11.3. The largest absolute Gasteiger partial charge is 0.334 e. The van der Waals surface area contributed by atoms with Gasteiger partial charge in [0.2, 0.25) is 0 Å². The first-order chi connectivity index (χ1) is 13.3. The van der Waals surface area contributed by atoms with Crippen molar-refractivity contribution in [3.63, 3.8) is 0 Å². The molecule has 3 aromatic heterocycles. The van der Waals surface area contributed by atoms with Crippen LogP contribution < -0.4 is 0 Å². The second kappa shape index (κ2) is 6.59. The van der Waals surface area contributed by atoms with Gasteiger partial charge in [-0.3, -0.25) is 4.98 Å². The Balaban J connectivity index is 1.38. The van der Waals surface area contributed by atoms with Crippen molar-refractivity contribution in [2.75, 3.05) is 0 Å². The zero-order valence-electron chi connectivity index (χ0n) is 14.3. The maximum absolute atomic E-state index is 6.04. The molecule has 4 aromatic rings. The van der Waals surface area contributed by atoms with E-state index in [0.29, 0.717) is 23.2 Å². The molecule has 1 aromatic carbocycles. The number of fused-ring (bicyclic) bond motifs is 1. The van der Waals surface area contributed by atoms with E-state index >= 15 is 0 Å². The summed E-state index contributed by atoms with van der Waals surface area (Å²) in [5.41, 5.74) is 1.84. The Morgan fingerprint density at radius 1 is 1.11 bits per heavy atom. The molecule has 1 aliphatic heterocycles. The highest BCUT2D eigenvalue weighted by atomic mass is 35.5. The molecule has 1 atom stereocenters. The van der Waals surface area contributed by atoms with E-state index in [-0.39, 0.29) is 5.92 Å². The molecular weight excluding hydrogens is 364 g/mol. The molecule has 7 nitrogen and oxygen atoms in total. The minimum absolute atomic E-state index is 0.220. The quantitative estimate of drug-likeness (QED) is 0.537. The summed E-state index contributed by atoms with van der Waals surface area (Å²) in [5.74, 6) is 3.21. The Morgan fingerprint density at radius 3 is 2.85 bits per heavy atom. The lowest BCUT2D eigenvalue weighted by Gasteiger charge is -2.03. The van der Waals surface area contributed by atoms with Gasteiger partial charge >= 0.3 is 0 Å². The van der Waals surface area contributed by atoms with Gasteiger partial charge in [0.05, 0.1) is 0 Å². The van der Waals surface area contributed by atoms with Crippen LogP contribution in [0.3, 0.4) is 0 Å². The van der Waals surface area contributed by atoms with Crippen molar-refractivity contribution in [1.29, 1.82) is 0 Å². The topological polar surface area (TPSA) is 82.5 Å². The van der Waals surface area contributed by atoms with Crippen molar-refractivity contribution < 1.29 is 4.52 Å². The highest BCUT2D eigenvalue weighted by molar-refractivity contribution is 6.30. The number of aromatic nitrogens is 6. The summed E-state index contributed by atoms with van der Waals surface area (Å²) >= 11 is 6.04. The number of rotatable bonds is 4. The number of hydrogen-bond acceptors (Lipinski definition) is 6. The van der Waals surface area contributed by atoms with E-state index in [0.717, 1.165) is 35.7 Å². The molecule has 8 heteroatoms. The van der Waals surface area contributed by atoms with E-state index in [1.807, 2.05) is 36.4 Å². The molecule has 0 amide bonds. The third kappa shape index (κ3) is 3.00. The van der Waals surface area contributed by atoms with E-state index < -0.39 is 0 Å². The molecule has 134 valence electrons. The minimum Gasteiger partial charge on any atom is -0.334 e. The van der Waals surface area contributed by atoms with Gasteiger partial charge in [-0.05, 0) is 36.8 Å². The second-order valence-electron chi connectivity index (χ2n) is 6.49. The molecule has 0 fully saturated rings. The van der Waals surface area contributed by atoms with E-state index in [1.165, 1.54) is 0 Å². The first-order valence-electron chi connectivity index (χ1n) is 8.70. The van der Waals surface area contributed by atoms with Gasteiger partial charge < -0.3 is 9.09 Å². The summed E-state index contributed by atoms with van der Waals surface area (Å²) in [6.45, 7) is 0.879. The molecule has 1 unspecified atom stereocenters. The second-order valence-corrected chi connectivity index (χ2v) is 6.92. The third-order valence-corrected chi connectivity index (χ3v) is 4.99. The van der Waals surface area contributed by atoms with Crippen molar-refractivity contribution in [2.45, 2.75) is 25.3 Å². The summed E-state index contributed by atoms with van der Waals surface area (Å²) in [5, 5.41) is 13.6. The van der Waals surface area contributed by atoms with Gasteiger partial charge in [0.15, 0.2) is 11.6 Å². The van der Waals surface area contributed by atoms with Gasteiger partial charge in [-0.15, -0.1) is 10.2 Å². The van der Waals surface area contributed by atoms with Crippen LogP contribution in [0.5, 0.6) is 0 Å². The van der Waals surface area contributed by atoms with Gasteiger partial charge in [0, 0.05) is 47.4 Å². The van der Waals surface area contributed by atoms with Crippen LogP contribution in [0.25, 0.3) is 22.8 Å². The highest BCUT2D eigenvalue weighted by Crippen LogP contribution is 2.33. The van der Waals surface area contributed by atoms with Crippen LogP contribution in [0.1, 0.15) is 24.0 Å². The molecule has 4 heterocycles. The Labute approximate surface area is 160 Å². The van der Waals surface area contributed by atoms with Gasteiger partial charge in [0.1, 0.15) is 5.82 Å². The molecule has 0 bridgehead atoms. The van der Waals surface area contributed by atoms with Gasteiger partial charge in [-0.1, -0.05) is 22.8 Å². The van der Waals surface area contributed by atoms with Crippen LogP contribution in [0.15, 0.2) is 53.3 Å². The molecule has 0 saturated carbocycles. The fraction of sp³-hybridized carbons (Fsp3) is 0.211. The maximum atomic E-state index is 6.04. The summed E-state index contributed by atoms with van der Waals surface area (Å²) in [7, 11) is 0. The SMILES string of the molecule is Clc1cccc(-c2nc(CC3CCn4c(-c5ccncc5)nnc43)no2)c1. The number of nitrogens with zero attached hydrogens (tertiary/aromatic N) is 6. The first-order valence-corrected chi connectivity index (χ1v) is 9.08. The van der Waals surface area contributed by atoms with Crippen molar-refractivity contribution in [1.82, 2.24) is 29.9 Å². The van der Waals surface area contributed by atoms with E-state index in [4.69, 9.17) is 16.1 Å². The third-order valence-electron chi connectivity index (χ3n) is 4.75. The van der Waals surface area contributed by atoms with E-state index in [9.17, 15) is 0 Å². The molecule has 0 saturated heterocycles. The van der Waals surface area contributed by atoms with E-state index in [1.54, 1.807) is 12.4 Å². The molecule has 0 spiro atoms. The van der Waals surface area contributed by atoms with Crippen LogP contribution in [-0.4, -0.2) is 29.9 Å². The predicted octanol–water partition coefficient (Wildman–Crippen LogP) is 3.77. The van der Waals surface area contributed by atoms with Crippen LogP contribution in [0.4, 0.5) is 0 Å². The average molecular weight is 379 g/mol. The number of hydrogen-bond donors (Lipinski definition) is 0. The molecule has 5 rings (SSSR count). The Hall–Kier alpha value is -3.06. The van der Waals surface area contributed by atoms with Crippen LogP contribution in [0.2, 0.25) is 5.02 Å². The molecule has 0 N–H and O–H groups in total. The van der Waals surface area contributed by atoms with Gasteiger partial charge in [-0.2, -0.15) is 4.98 Å². The average Bonchev–Trinajstić information content (AvgIpc) is 3.40. The fourth-order valence-corrected chi connectivity index (χ4v) is 3.65. The van der Waals surface area contributed by atoms with Crippen molar-refractivity contribution in [3.05, 3.63) is 65.5 Å². The number of halogens is 1. The predicted molar refractivity (Wildman–Crippen MR) is 99.1 cm³/mol. The maximum Gasteiger partial charge on any atom is 0.257 e. The zero-order valence-corrected chi connectivity index (χ0v) is 15.0. The molecule has 1 aliphatic rings. The monoisotopic (exact) mass is 378 g/mol. The van der Waals surface area contributed by atoms with Crippen molar-refractivity contribution >= 4 is 11.6 Å². The molecular formula is C19H15ClN6O. The minimum atomic E-state index is 0.220. The summed E-state index contributed by atoms with van der Waals surface area (Å²) in [6.07, 6.45) is 5.17. The highest BCUT2D eigenvalue weighted by Gasteiger charge is 2.29. The Bertz CT molecular complexity index is 1090. The van der Waals surface area contributed by atoms with E-state index in [2.05, 4.69) is 29.9 Å². The lowest BCUT2D eigenvalue weighted by molar-refractivity contribution is 0.419. The zero-order chi connectivity index (χ0) is 18.2. The van der Waals surface area contributed by atoms with Crippen LogP contribution >= 0.6 is 11.6 Å². The number of pyridine rings is 1. The standard InChI is InChI=1S/C19H15ClN6O/c20-15-3-1-2-14(10-15)19-22-16(25-27-19)11-13-6-9-26-17(23-24-18(13)26)12-4-7-21-8-5-12/h1-5,7-8,10,13H,6,9,11H2. The molecule has 27 heavy (non-hydrogen) atoms. The van der Waals surface area contributed by atoms with Crippen molar-refractivity contribution in [2.24, 2.45) is 0 Å². The van der Waals surface area contributed by atoms with Crippen LogP contribution in [-0.2, 0) is 13.0 Å². The van der Waals surface area contributed by atoms with Gasteiger partial charge in [0.25, 0.3) is 5.89 Å². The lowest BCUT2D eigenvalue weighted by Crippen LogP contribution is -2.02.